The van der Waals surface area contributed by atoms with Gasteiger partial charge in [0, 0.05) is 6.92 Å². The second kappa shape index (κ2) is 5.88. The maximum Gasteiger partial charge on any atom is 0.332 e. The summed E-state index contributed by atoms with van der Waals surface area (Å²) in [4.78, 5) is 31.9. The van der Waals surface area contributed by atoms with Crippen molar-refractivity contribution < 1.29 is 44.7 Å². The maximum atomic E-state index is 10.9. The van der Waals surface area contributed by atoms with Crippen LogP contribution < -0.4 is 0 Å². The molecule has 0 spiro atoms. The van der Waals surface area contributed by atoms with E-state index in [2.05, 4.69) is 8.92 Å². The van der Waals surface area contributed by atoms with Crippen LogP contribution in [-0.4, -0.2) is 50.8 Å². The third-order valence-electron chi connectivity index (χ3n) is 1.07. The van der Waals surface area contributed by atoms with Gasteiger partial charge < -0.3 is 8.92 Å². The zero-order valence-corrected chi connectivity index (χ0v) is 10.5. The number of esters is 2. The summed E-state index contributed by atoms with van der Waals surface area (Å²) in [5, 5.41) is 0. The molecule has 0 amide bonds. The third kappa shape index (κ3) is 8.60. The average molecular weight is 304 g/mol. The van der Waals surface area contributed by atoms with Gasteiger partial charge in [-0.05, 0) is 0 Å². The van der Waals surface area contributed by atoms with Gasteiger partial charge in [-0.1, -0.05) is 0 Å². The molecule has 0 aliphatic heterocycles. The van der Waals surface area contributed by atoms with E-state index in [0.29, 0.717) is 0 Å². The van der Waals surface area contributed by atoms with E-state index in [1.165, 1.54) is 0 Å². The van der Waals surface area contributed by atoms with Crippen LogP contribution in [0.15, 0.2) is 0 Å². The van der Waals surface area contributed by atoms with Gasteiger partial charge in [0.15, 0.2) is 11.5 Å². The van der Waals surface area contributed by atoms with Crippen LogP contribution in [0.2, 0.25) is 0 Å². The SMILES string of the molecule is CC(=O)OS(=O)(=O)CC(=O)OC(=O)CS(=O)(=O)O. The minimum atomic E-state index is -4.69. The van der Waals surface area contributed by atoms with E-state index in [1.54, 1.807) is 0 Å². The van der Waals surface area contributed by atoms with Crippen LogP contribution in [-0.2, 0) is 43.5 Å². The van der Waals surface area contributed by atoms with Crippen LogP contribution in [0.3, 0.4) is 0 Å². The molecule has 12 heteroatoms. The van der Waals surface area contributed by atoms with E-state index in [0.717, 1.165) is 6.92 Å². The van der Waals surface area contributed by atoms with Crippen molar-refractivity contribution in [1.29, 1.82) is 0 Å². The summed E-state index contributed by atoms with van der Waals surface area (Å²) in [6.07, 6.45) is 0. The Morgan fingerprint density at radius 2 is 1.44 bits per heavy atom. The Balaban J connectivity index is 4.45. The molecule has 0 radical (unpaired) electrons. The standard InChI is InChI=1S/C6H8O10S2/c1-4(7)16-18(13,14)3-6(9)15-5(8)2-17(10,11)12/h2-3H2,1H3,(H,10,11,12). The highest BCUT2D eigenvalue weighted by atomic mass is 32.2. The zero-order chi connectivity index (χ0) is 14.6. The van der Waals surface area contributed by atoms with Crippen LogP contribution in [0.4, 0.5) is 0 Å². The lowest BCUT2D eigenvalue weighted by Crippen LogP contribution is -2.27. The number of carbonyl (C=O) groups excluding carboxylic acids is 3. The largest absolute Gasteiger partial charge is 0.391 e. The number of rotatable bonds is 5. The first kappa shape index (κ1) is 16.5. The second-order valence-electron chi connectivity index (χ2n) is 2.85. The van der Waals surface area contributed by atoms with Crippen LogP contribution in [0.5, 0.6) is 0 Å². The van der Waals surface area contributed by atoms with Crippen molar-refractivity contribution in [3.63, 3.8) is 0 Å². The number of hydrogen-bond donors (Lipinski definition) is 1. The van der Waals surface area contributed by atoms with Gasteiger partial charge in [-0.15, -0.1) is 0 Å². The van der Waals surface area contributed by atoms with Crippen LogP contribution in [0.25, 0.3) is 0 Å². The van der Waals surface area contributed by atoms with Crippen molar-refractivity contribution >= 4 is 38.1 Å². The highest BCUT2D eigenvalue weighted by Gasteiger charge is 2.24. The van der Waals surface area contributed by atoms with Gasteiger partial charge in [-0.25, -0.2) is 0 Å². The summed E-state index contributed by atoms with van der Waals surface area (Å²) < 4.78 is 57.9. The molecule has 104 valence electrons. The molecule has 0 saturated carbocycles. The number of carbonyl (C=O) groups is 3. The smallest absolute Gasteiger partial charge is 0.332 e. The molecule has 0 atom stereocenters. The van der Waals surface area contributed by atoms with Crippen LogP contribution in [0, 0.1) is 0 Å². The van der Waals surface area contributed by atoms with Gasteiger partial charge in [0.1, 0.15) is 0 Å². The molecule has 0 aromatic carbocycles. The van der Waals surface area contributed by atoms with Crippen molar-refractivity contribution in [3.05, 3.63) is 0 Å². The van der Waals surface area contributed by atoms with Gasteiger partial charge in [-0.2, -0.15) is 16.8 Å². The molecule has 10 nitrogen and oxygen atoms in total. The van der Waals surface area contributed by atoms with Gasteiger partial charge in [0.25, 0.3) is 10.1 Å². The molecule has 0 unspecified atom stereocenters. The number of ether oxygens (including phenoxy) is 1. The molecule has 0 rings (SSSR count). The number of hydrogen-bond acceptors (Lipinski definition) is 9. The second-order valence-corrected chi connectivity index (χ2v) is 5.87. The average Bonchev–Trinajstić information content (AvgIpc) is 1.92. The fourth-order valence-electron chi connectivity index (χ4n) is 0.687. The molecule has 0 aromatic rings. The summed E-state index contributed by atoms with van der Waals surface area (Å²) in [5.74, 6) is -7.48. The molecule has 18 heavy (non-hydrogen) atoms. The maximum absolute atomic E-state index is 10.9. The molecule has 1 N–H and O–H groups in total. The minimum absolute atomic E-state index is 0.770. The molecule has 0 fully saturated rings. The Labute approximate surface area is 102 Å². The minimum Gasteiger partial charge on any atom is -0.391 e. The fourth-order valence-corrected chi connectivity index (χ4v) is 1.81. The van der Waals surface area contributed by atoms with E-state index < -0.39 is 49.6 Å². The predicted molar refractivity (Wildman–Crippen MR) is 53.1 cm³/mol. The highest BCUT2D eigenvalue weighted by Crippen LogP contribution is 1.97. The molecule has 0 aromatic heterocycles. The quantitative estimate of drug-likeness (QED) is 0.256. The Bertz CT molecular complexity index is 553. The van der Waals surface area contributed by atoms with Crippen molar-refractivity contribution in [2.24, 2.45) is 0 Å². The molecular formula is C6H8O10S2. The van der Waals surface area contributed by atoms with Crippen molar-refractivity contribution in [1.82, 2.24) is 0 Å². The summed E-state index contributed by atoms with van der Waals surface area (Å²) >= 11 is 0. The first-order valence-corrected chi connectivity index (χ1v) is 7.21. The normalized spacial score (nSPS) is 11.7. The Hall–Kier alpha value is -1.53. The van der Waals surface area contributed by atoms with Crippen molar-refractivity contribution in [2.75, 3.05) is 11.5 Å². The molecule has 0 bridgehead atoms. The Kier molecular flexibility index (Phi) is 5.38. The molecule has 0 heterocycles. The van der Waals surface area contributed by atoms with E-state index in [-0.39, 0.29) is 0 Å². The zero-order valence-electron chi connectivity index (χ0n) is 8.85. The molecular weight excluding hydrogens is 296 g/mol. The van der Waals surface area contributed by atoms with Crippen LogP contribution >= 0.6 is 0 Å². The van der Waals surface area contributed by atoms with E-state index in [9.17, 15) is 31.2 Å². The topological polar surface area (TPSA) is 158 Å². The highest BCUT2D eigenvalue weighted by molar-refractivity contribution is 7.87. The van der Waals surface area contributed by atoms with E-state index in [1.807, 2.05) is 0 Å². The monoisotopic (exact) mass is 304 g/mol. The summed E-state index contributed by atoms with van der Waals surface area (Å²) in [6.45, 7) is 0.770. The lowest BCUT2D eigenvalue weighted by molar-refractivity contribution is -0.155. The lowest BCUT2D eigenvalue weighted by Gasteiger charge is -2.03. The van der Waals surface area contributed by atoms with Gasteiger partial charge in [0.05, 0.1) is 0 Å². The van der Waals surface area contributed by atoms with E-state index >= 15 is 0 Å². The molecule has 0 aliphatic carbocycles. The van der Waals surface area contributed by atoms with Gasteiger partial charge in [0.2, 0.25) is 0 Å². The summed E-state index contributed by atoms with van der Waals surface area (Å²) in [5.41, 5.74) is 0. The third-order valence-corrected chi connectivity index (χ3v) is 2.75. The Morgan fingerprint density at radius 1 is 1.00 bits per heavy atom. The first-order chi connectivity index (χ1) is 7.91. The predicted octanol–water partition coefficient (Wildman–Crippen LogP) is -2.16. The fraction of sp³-hybridized carbons (Fsp3) is 0.500. The molecule has 0 aliphatic rings. The van der Waals surface area contributed by atoms with Crippen molar-refractivity contribution in [3.8, 4) is 0 Å². The summed E-state index contributed by atoms with van der Waals surface area (Å²) in [6, 6.07) is 0. The van der Waals surface area contributed by atoms with Gasteiger partial charge in [-0.3, -0.25) is 18.9 Å². The van der Waals surface area contributed by atoms with Gasteiger partial charge >= 0.3 is 28.0 Å². The van der Waals surface area contributed by atoms with E-state index in [4.69, 9.17) is 4.55 Å². The first-order valence-electron chi connectivity index (χ1n) is 4.03. The molecule has 0 saturated heterocycles. The Morgan fingerprint density at radius 3 is 1.83 bits per heavy atom. The lowest BCUT2D eigenvalue weighted by atomic mass is 10.7. The van der Waals surface area contributed by atoms with Crippen LogP contribution in [0.1, 0.15) is 6.92 Å². The van der Waals surface area contributed by atoms with Crippen molar-refractivity contribution in [2.45, 2.75) is 6.92 Å². The summed E-state index contributed by atoms with van der Waals surface area (Å²) in [7, 11) is -9.25.